The van der Waals surface area contributed by atoms with E-state index in [1.807, 2.05) is 0 Å². The lowest BCUT2D eigenvalue weighted by atomic mass is 10.0. The highest BCUT2D eigenvalue weighted by atomic mass is 16.6. The molecule has 3 rings (SSSR count). The highest BCUT2D eigenvalue weighted by Gasteiger charge is 2.27. The quantitative estimate of drug-likeness (QED) is 0.439. The van der Waals surface area contributed by atoms with Gasteiger partial charge in [-0.05, 0) is 44.6 Å². The molecule has 158 valence electrons. The van der Waals surface area contributed by atoms with Crippen LogP contribution in [0.4, 0.5) is 11.4 Å². The number of ether oxygens (including phenoxy) is 1. The van der Waals surface area contributed by atoms with Crippen molar-refractivity contribution in [3.63, 3.8) is 0 Å². The molecule has 0 aromatic heterocycles. The molecule has 0 radical (unpaired) electrons. The van der Waals surface area contributed by atoms with Crippen LogP contribution in [0.15, 0.2) is 12.1 Å². The fourth-order valence-electron chi connectivity index (χ4n) is 4.00. The molecule has 2 N–H and O–H groups in total. The summed E-state index contributed by atoms with van der Waals surface area (Å²) in [6.07, 6.45) is 2.69. The molecule has 2 aliphatic rings. The second-order valence-corrected chi connectivity index (χ2v) is 7.89. The van der Waals surface area contributed by atoms with Crippen LogP contribution in [0.1, 0.15) is 30.4 Å². The molecular formula is C20H28N4O5. The van der Waals surface area contributed by atoms with Crippen LogP contribution in [-0.4, -0.2) is 60.5 Å². The number of nitrogens with zero attached hydrogens (tertiary/aromatic N) is 2. The van der Waals surface area contributed by atoms with Gasteiger partial charge in [-0.1, -0.05) is 6.07 Å². The number of carbonyl (C=O) groups is 2. The maximum absolute atomic E-state index is 12.3. The van der Waals surface area contributed by atoms with E-state index in [-0.39, 0.29) is 11.7 Å². The topological polar surface area (TPSA) is 114 Å². The third-order valence-electron chi connectivity index (χ3n) is 5.75. The number of nitrogens with one attached hydrogen (secondary N) is 2. The van der Waals surface area contributed by atoms with Gasteiger partial charge in [-0.2, -0.15) is 0 Å². The van der Waals surface area contributed by atoms with Gasteiger partial charge in [0.05, 0.1) is 22.8 Å². The van der Waals surface area contributed by atoms with Gasteiger partial charge in [-0.25, -0.2) is 0 Å². The van der Waals surface area contributed by atoms with Gasteiger partial charge in [0, 0.05) is 38.3 Å². The average Bonchev–Trinajstić information content (AvgIpc) is 3.19. The number of nitro benzene ring substituents is 1. The maximum atomic E-state index is 12.3. The van der Waals surface area contributed by atoms with Gasteiger partial charge in [-0.15, -0.1) is 0 Å². The van der Waals surface area contributed by atoms with Crippen LogP contribution in [0.25, 0.3) is 0 Å². The lowest BCUT2D eigenvalue weighted by molar-refractivity contribution is -0.385. The Balaban J connectivity index is 1.51. The van der Waals surface area contributed by atoms with Crippen molar-refractivity contribution in [2.75, 3.05) is 38.2 Å². The van der Waals surface area contributed by atoms with E-state index in [9.17, 15) is 19.7 Å². The highest BCUT2D eigenvalue weighted by molar-refractivity contribution is 6.39. The number of rotatable bonds is 5. The van der Waals surface area contributed by atoms with Crippen molar-refractivity contribution in [3.05, 3.63) is 33.4 Å². The Morgan fingerprint density at radius 3 is 2.55 bits per heavy atom. The van der Waals surface area contributed by atoms with E-state index in [2.05, 4.69) is 15.5 Å². The summed E-state index contributed by atoms with van der Waals surface area (Å²) < 4.78 is 5.42. The number of benzene rings is 1. The van der Waals surface area contributed by atoms with Crippen LogP contribution in [0.2, 0.25) is 0 Å². The number of hydrogen-bond acceptors (Lipinski definition) is 6. The zero-order valence-corrected chi connectivity index (χ0v) is 16.9. The molecule has 1 aromatic carbocycles. The first-order valence-electron chi connectivity index (χ1n) is 10.0. The van der Waals surface area contributed by atoms with Crippen LogP contribution < -0.4 is 10.6 Å². The molecule has 29 heavy (non-hydrogen) atoms. The normalized spacial score (nSPS) is 20.4. The zero-order chi connectivity index (χ0) is 21.0. The van der Waals surface area contributed by atoms with Crippen LogP contribution in [-0.2, 0) is 14.3 Å². The van der Waals surface area contributed by atoms with E-state index in [0.717, 1.165) is 52.1 Å². The lowest BCUT2D eigenvalue weighted by Gasteiger charge is -2.33. The molecule has 1 atom stereocenters. The Morgan fingerprint density at radius 1 is 1.21 bits per heavy atom. The van der Waals surface area contributed by atoms with Crippen molar-refractivity contribution in [2.45, 2.75) is 39.2 Å². The highest BCUT2D eigenvalue weighted by Crippen LogP contribution is 2.28. The third kappa shape index (κ3) is 5.30. The largest absolute Gasteiger partial charge is 0.381 e. The van der Waals surface area contributed by atoms with Gasteiger partial charge >= 0.3 is 11.8 Å². The molecule has 0 bridgehead atoms. The average molecular weight is 404 g/mol. The molecule has 9 heteroatoms. The summed E-state index contributed by atoms with van der Waals surface area (Å²) in [5, 5.41) is 16.4. The minimum absolute atomic E-state index is 0.0448. The molecule has 9 nitrogen and oxygen atoms in total. The van der Waals surface area contributed by atoms with E-state index in [0.29, 0.717) is 22.7 Å². The Bertz CT molecular complexity index is 783. The van der Waals surface area contributed by atoms with Gasteiger partial charge in [0.15, 0.2) is 0 Å². The van der Waals surface area contributed by atoms with Crippen molar-refractivity contribution in [1.29, 1.82) is 0 Å². The Hall–Kier alpha value is -2.52. The Morgan fingerprint density at radius 2 is 1.93 bits per heavy atom. The minimum Gasteiger partial charge on any atom is -0.381 e. The van der Waals surface area contributed by atoms with Crippen LogP contribution in [0.3, 0.4) is 0 Å². The van der Waals surface area contributed by atoms with Gasteiger partial charge in [0.1, 0.15) is 0 Å². The summed E-state index contributed by atoms with van der Waals surface area (Å²) in [5.41, 5.74) is 1.22. The first-order chi connectivity index (χ1) is 13.8. The standard InChI is InChI=1S/C20H28N4O5/c1-13-3-4-17(24(27)28)14(2)18(13)22-20(26)19(25)21-16-5-8-23(9-6-16)11-15-7-10-29-12-15/h3-4,15-16H,5-12H2,1-2H3,(H,21,25)(H,22,26). The fraction of sp³-hybridized carbons (Fsp3) is 0.600. The molecule has 0 saturated carbocycles. The van der Waals surface area contributed by atoms with Gasteiger partial charge in [-0.3, -0.25) is 19.7 Å². The lowest BCUT2D eigenvalue weighted by Crippen LogP contribution is -2.48. The molecule has 2 heterocycles. The second kappa shape index (κ2) is 9.32. The van der Waals surface area contributed by atoms with Crippen molar-refractivity contribution >= 4 is 23.2 Å². The predicted molar refractivity (Wildman–Crippen MR) is 108 cm³/mol. The molecule has 1 aromatic rings. The van der Waals surface area contributed by atoms with E-state index in [1.165, 1.54) is 6.07 Å². The fourth-order valence-corrected chi connectivity index (χ4v) is 4.00. The first-order valence-corrected chi connectivity index (χ1v) is 10.0. The SMILES string of the molecule is Cc1ccc([N+](=O)[O-])c(C)c1NC(=O)C(=O)NC1CCN(CC2CCOC2)CC1. The molecule has 2 amide bonds. The van der Waals surface area contributed by atoms with Crippen molar-refractivity contribution in [1.82, 2.24) is 10.2 Å². The number of aryl methyl sites for hydroxylation is 1. The van der Waals surface area contributed by atoms with Gasteiger partial charge in [0.25, 0.3) is 5.69 Å². The third-order valence-corrected chi connectivity index (χ3v) is 5.75. The summed E-state index contributed by atoms with van der Waals surface area (Å²) in [6, 6.07) is 2.91. The van der Waals surface area contributed by atoms with Crippen molar-refractivity contribution in [2.24, 2.45) is 5.92 Å². The molecule has 1 unspecified atom stereocenters. The molecule has 0 aliphatic carbocycles. The summed E-state index contributed by atoms with van der Waals surface area (Å²) in [4.78, 5) is 37.7. The number of nitro groups is 1. The number of carbonyl (C=O) groups excluding carboxylic acids is 2. The number of anilines is 1. The summed E-state index contributed by atoms with van der Waals surface area (Å²) >= 11 is 0. The summed E-state index contributed by atoms with van der Waals surface area (Å²) in [5.74, 6) is -0.923. The number of amides is 2. The Kier molecular flexibility index (Phi) is 6.81. The summed E-state index contributed by atoms with van der Waals surface area (Å²) in [6.45, 7) is 7.74. The number of hydrogen-bond donors (Lipinski definition) is 2. The zero-order valence-electron chi connectivity index (χ0n) is 16.9. The van der Waals surface area contributed by atoms with Crippen molar-refractivity contribution < 1.29 is 19.2 Å². The molecule has 0 spiro atoms. The predicted octanol–water partition coefficient (Wildman–Crippen LogP) is 1.77. The molecule has 2 fully saturated rings. The van der Waals surface area contributed by atoms with E-state index >= 15 is 0 Å². The number of piperidine rings is 1. The maximum Gasteiger partial charge on any atom is 0.313 e. The van der Waals surface area contributed by atoms with Gasteiger partial charge < -0.3 is 20.3 Å². The second-order valence-electron chi connectivity index (χ2n) is 7.89. The van der Waals surface area contributed by atoms with Crippen LogP contribution >= 0.6 is 0 Å². The molecular weight excluding hydrogens is 376 g/mol. The smallest absolute Gasteiger partial charge is 0.313 e. The molecule has 2 saturated heterocycles. The van der Waals surface area contributed by atoms with E-state index < -0.39 is 16.7 Å². The van der Waals surface area contributed by atoms with E-state index in [4.69, 9.17) is 4.74 Å². The minimum atomic E-state index is -0.803. The molecule has 2 aliphatic heterocycles. The summed E-state index contributed by atoms with van der Waals surface area (Å²) in [7, 11) is 0. The monoisotopic (exact) mass is 404 g/mol. The van der Waals surface area contributed by atoms with Gasteiger partial charge in [0.2, 0.25) is 0 Å². The van der Waals surface area contributed by atoms with Crippen molar-refractivity contribution in [3.8, 4) is 0 Å². The van der Waals surface area contributed by atoms with Crippen LogP contribution in [0.5, 0.6) is 0 Å². The first kappa shape index (κ1) is 21.2. The number of likely N-dealkylation sites (tertiary alicyclic amines) is 1. The van der Waals surface area contributed by atoms with E-state index in [1.54, 1.807) is 19.9 Å². The Labute approximate surface area is 169 Å². The van der Waals surface area contributed by atoms with Crippen LogP contribution in [0, 0.1) is 29.9 Å².